The van der Waals surface area contributed by atoms with Crippen LogP contribution < -0.4 is 0 Å². The maximum atomic E-state index is 9.35. The predicted molar refractivity (Wildman–Crippen MR) is 48.3 cm³/mol. The Hall–Kier alpha value is -1.93. The fraction of sp³-hybridized carbons (Fsp3) is 0.222. The Labute approximate surface area is 80.2 Å². The number of aliphatic hydroxyl groups excluding tert-OH is 1. The maximum Gasteiger partial charge on any atom is 0.166 e. The van der Waals surface area contributed by atoms with Crippen LogP contribution in [0.15, 0.2) is 18.3 Å². The second-order valence-corrected chi connectivity index (χ2v) is 2.99. The van der Waals surface area contributed by atoms with Crippen molar-refractivity contribution in [3.8, 4) is 6.07 Å². The number of nitriles is 1. The Morgan fingerprint density at radius 3 is 3.00 bits per heavy atom. The van der Waals surface area contributed by atoms with E-state index in [0.29, 0.717) is 17.0 Å². The molecule has 1 N–H and O–H groups in total. The average Bonchev–Trinajstić information content (AvgIpc) is 2.59. The van der Waals surface area contributed by atoms with Crippen LogP contribution in [-0.4, -0.2) is 19.7 Å². The van der Waals surface area contributed by atoms with Crippen LogP contribution in [0.5, 0.6) is 0 Å². The lowest BCUT2D eigenvalue weighted by atomic mass is 10.3. The third kappa shape index (κ3) is 1.22. The Kier molecular flexibility index (Phi) is 1.91. The third-order valence-electron chi connectivity index (χ3n) is 1.94. The van der Waals surface area contributed by atoms with E-state index >= 15 is 0 Å². The molecule has 5 nitrogen and oxygen atoms in total. The smallest absolute Gasteiger partial charge is 0.166 e. The van der Waals surface area contributed by atoms with Gasteiger partial charge in [0, 0.05) is 12.3 Å². The number of rotatable bonds is 1. The molecule has 0 unspecified atom stereocenters. The monoisotopic (exact) mass is 188 g/mol. The van der Waals surface area contributed by atoms with E-state index in [1.54, 1.807) is 29.7 Å². The molecule has 70 valence electrons. The van der Waals surface area contributed by atoms with Gasteiger partial charge in [-0.3, -0.25) is 4.40 Å². The zero-order valence-electron chi connectivity index (χ0n) is 7.55. The SMILES string of the molecule is C[C@H](O)c1nnc2cc(C#N)ccn12. The van der Waals surface area contributed by atoms with Gasteiger partial charge in [-0.05, 0) is 13.0 Å². The fourth-order valence-corrected chi connectivity index (χ4v) is 1.26. The Bertz CT molecular complexity index is 509. The van der Waals surface area contributed by atoms with Gasteiger partial charge in [0.15, 0.2) is 11.5 Å². The van der Waals surface area contributed by atoms with Crippen molar-refractivity contribution in [2.75, 3.05) is 0 Å². The molecule has 0 fully saturated rings. The van der Waals surface area contributed by atoms with Crippen molar-refractivity contribution in [3.63, 3.8) is 0 Å². The standard InChI is InChI=1S/C9H8N4O/c1-6(14)9-12-11-8-4-7(5-10)2-3-13(8)9/h2-4,6,14H,1H3/t6-/m0/s1. The molecule has 5 heteroatoms. The van der Waals surface area contributed by atoms with Crippen molar-refractivity contribution < 1.29 is 5.11 Å². The van der Waals surface area contributed by atoms with E-state index in [1.807, 2.05) is 6.07 Å². The van der Waals surface area contributed by atoms with E-state index < -0.39 is 6.10 Å². The second kappa shape index (κ2) is 3.09. The van der Waals surface area contributed by atoms with E-state index in [1.165, 1.54) is 0 Å². The summed E-state index contributed by atoms with van der Waals surface area (Å²) in [6.07, 6.45) is 1.01. The van der Waals surface area contributed by atoms with Gasteiger partial charge in [-0.25, -0.2) is 0 Å². The van der Waals surface area contributed by atoms with Crippen LogP contribution in [0.1, 0.15) is 24.4 Å². The van der Waals surface area contributed by atoms with Gasteiger partial charge in [-0.1, -0.05) is 0 Å². The van der Waals surface area contributed by atoms with Crippen LogP contribution in [0, 0.1) is 11.3 Å². The Morgan fingerprint density at radius 2 is 2.36 bits per heavy atom. The molecule has 0 aromatic carbocycles. The molecule has 0 amide bonds. The molecule has 0 aliphatic carbocycles. The molecule has 0 radical (unpaired) electrons. The first-order valence-corrected chi connectivity index (χ1v) is 4.15. The molecular weight excluding hydrogens is 180 g/mol. The molecule has 2 rings (SSSR count). The number of aromatic nitrogens is 3. The molecule has 2 aromatic heterocycles. The van der Waals surface area contributed by atoms with Gasteiger partial charge < -0.3 is 5.11 Å². The van der Waals surface area contributed by atoms with Crippen molar-refractivity contribution >= 4 is 5.65 Å². The minimum absolute atomic E-state index is 0.476. The topological polar surface area (TPSA) is 74.2 Å². The van der Waals surface area contributed by atoms with Gasteiger partial charge in [0.05, 0.1) is 11.6 Å². The van der Waals surface area contributed by atoms with E-state index in [9.17, 15) is 5.11 Å². The minimum Gasteiger partial charge on any atom is -0.385 e. The largest absolute Gasteiger partial charge is 0.385 e. The van der Waals surface area contributed by atoms with Crippen LogP contribution >= 0.6 is 0 Å². The quantitative estimate of drug-likeness (QED) is 0.713. The lowest BCUT2D eigenvalue weighted by Gasteiger charge is -2.00. The van der Waals surface area contributed by atoms with Gasteiger partial charge in [0.1, 0.15) is 6.10 Å². The van der Waals surface area contributed by atoms with Crippen LogP contribution in [0.25, 0.3) is 5.65 Å². The van der Waals surface area contributed by atoms with Crippen molar-refractivity contribution in [2.45, 2.75) is 13.0 Å². The predicted octanol–water partition coefficient (Wildman–Crippen LogP) is 0.654. The zero-order chi connectivity index (χ0) is 10.1. The van der Waals surface area contributed by atoms with Crippen LogP contribution in [-0.2, 0) is 0 Å². The second-order valence-electron chi connectivity index (χ2n) is 2.99. The minimum atomic E-state index is -0.669. The van der Waals surface area contributed by atoms with Gasteiger partial charge >= 0.3 is 0 Å². The highest BCUT2D eigenvalue weighted by atomic mass is 16.3. The molecule has 14 heavy (non-hydrogen) atoms. The first-order chi connectivity index (χ1) is 6.72. The summed E-state index contributed by atoms with van der Waals surface area (Å²) in [5, 5.41) is 25.7. The summed E-state index contributed by atoms with van der Waals surface area (Å²) in [5.74, 6) is 0.476. The normalized spacial score (nSPS) is 12.6. The molecule has 0 saturated heterocycles. The third-order valence-corrected chi connectivity index (χ3v) is 1.94. The maximum absolute atomic E-state index is 9.35. The lowest BCUT2D eigenvalue weighted by molar-refractivity contribution is 0.187. The molecular formula is C9H8N4O. The van der Waals surface area contributed by atoms with Crippen molar-refractivity contribution in [1.82, 2.24) is 14.6 Å². The summed E-state index contributed by atoms with van der Waals surface area (Å²) < 4.78 is 1.66. The van der Waals surface area contributed by atoms with E-state index in [4.69, 9.17) is 5.26 Å². The van der Waals surface area contributed by atoms with Gasteiger partial charge in [0.25, 0.3) is 0 Å². The first kappa shape index (κ1) is 8.66. The first-order valence-electron chi connectivity index (χ1n) is 4.15. The summed E-state index contributed by atoms with van der Waals surface area (Å²) in [7, 11) is 0. The summed E-state index contributed by atoms with van der Waals surface area (Å²) in [6.45, 7) is 1.62. The van der Waals surface area contributed by atoms with E-state index in [-0.39, 0.29) is 0 Å². The number of fused-ring (bicyclic) bond motifs is 1. The molecule has 0 spiro atoms. The van der Waals surface area contributed by atoms with Crippen molar-refractivity contribution in [3.05, 3.63) is 29.7 Å². The molecule has 2 aromatic rings. The lowest BCUT2D eigenvalue weighted by Crippen LogP contribution is -1.98. The molecule has 0 bridgehead atoms. The molecule has 0 aliphatic heterocycles. The number of aliphatic hydroxyl groups is 1. The highest BCUT2D eigenvalue weighted by molar-refractivity contribution is 5.45. The summed E-state index contributed by atoms with van der Waals surface area (Å²) in [6, 6.07) is 5.29. The molecule has 0 saturated carbocycles. The highest BCUT2D eigenvalue weighted by Crippen LogP contribution is 2.12. The zero-order valence-corrected chi connectivity index (χ0v) is 7.55. The molecule has 0 aliphatic rings. The highest BCUT2D eigenvalue weighted by Gasteiger charge is 2.10. The molecule has 1 atom stereocenters. The van der Waals surface area contributed by atoms with Crippen LogP contribution in [0.2, 0.25) is 0 Å². The van der Waals surface area contributed by atoms with E-state index in [2.05, 4.69) is 10.2 Å². The number of pyridine rings is 1. The number of hydrogen-bond acceptors (Lipinski definition) is 4. The van der Waals surface area contributed by atoms with E-state index in [0.717, 1.165) is 0 Å². The van der Waals surface area contributed by atoms with Crippen LogP contribution in [0.3, 0.4) is 0 Å². The van der Waals surface area contributed by atoms with Crippen molar-refractivity contribution in [2.24, 2.45) is 0 Å². The number of hydrogen-bond donors (Lipinski definition) is 1. The fourth-order valence-electron chi connectivity index (χ4n) is 1.26. The Balaban J connectivity index is 2.67. The molecule has 2 heterocycles. The number of nitrogens with zero attached hydrogens (tertiary/aromatic N) is 4. The summed E-state index contributed by atoms with van der Waals surface area (Å²) in [5.41, 5.74) is 1.10. The Morgan fingerprint density at radius 1 is 1.57 bits per heavy atom. The summed E-state index contributed by atoms with van der Waals surface area (Å²) in [4.78, 5) is 0. The average molecular weight is 188 g/mol. The van der Waals surface area contributed by atoms with Gasteiger partial charge in [0.2, 0.25) is 0 Å². The van der Waals surface area contributed by atoms with Gasteiger partial charge in [-0.2, -0.15) is 5.26 Å². The summed E-state index contributed by atoms with van der Waals surface area (Å²) >= 11 is 0. The van der Waals surface area contributed by atoms with Crippen molar-refractivity contribution in [1.29, 1.82) is 5.26 Å². The van der Waals surface area contributed by atoms with Crippen LogP contribution in [0.4, 0.5) is 0 Å². The van der Waals surface area contributed by atoms with Gasteiger partial charge in [-0.15, -0.1) is 10.2 Å².